The number of carbonyl (C=O) groups is 2. The number of anilines is 1. The van der Waals surface area contributed by atoms with E-state index in [1.54, 1.807) is 0 Å². The van der Waals surface area contributed by atoms with Crippen molar-refractivity contribution in [1.29, 1.82) is 0 Å². The number of amides is 1. The molecule has 2 unspecified atom stereocenters. The molecule has 132 valence electrons. The maximum Gasteiger partial charge on any atom is 0.337 e. The highest BCUT2D eigenvalue weighted by molar-refractivity contribution is 6.01. The van der Waals surface area contributed by atoms with Gasteiger partial charge in [0, 0.05) is 5.92 Å². The van der Waals surface area contributed by atoms with E-state index in [9.17, 15) is 19.6 Å². The van der Waals surface area contributed by atoms with E-state index in [4.69, 9.17) is 4.74 Å². The third kappa shape index (κ3) is 4.39. The molecule has 1 aromatic rings. The van der Waals surface area contributed by atoms with Gasteiger partial charge in [0.15, 0.2) is 0 Å². The summed E-state index contributed by atoms with van der Waals surface area (Å²) in [5.41, 5.74) is 0.371. The minimum absolute atomic E-state index is 0.0255. The standard InChI is InChI=1S/C18H20N2O5/c1-11-6-7-18(3,12(2)8-11)25-10-16(21)19-15-5-4-13(20-24)9-14(15)17(22)23/h4-9,12H,10H2,1-3H3,(H,19,21)(H,22,23). The Morgan fingerprint density at radius 1 is 1.40 bits per heavy atom. The van der Waals surface area contributed by atoms with Crippen LogP contribution in [0.25, 0.3) is 0 Å². The first-order valence-corrected chi connectivity index (χ1v) is 7.77. The third-order valence-electron chi connectivity index (χ3n) is 4.22. The lowest BCUT2D eigenvalue weighted by molar-refractivity contribution is -0.126. The Balaban J connectivity index is 2.05. The molecule has 1 aliphatic carbocycles. The van der Waals surface area contributed by atoms with Crippen LogP contribution >= 0.6 is 0 Å². The van der Waals surface area contributed by atoms with Crippen LogP contribution in [0.1, 0.15) is 31.1 Å². The number of hydrogen-bond donors (Lipinski definition) is 2. The molecule has 7 nitrogen and oxygen atoms in total. The fourth-order valence-electron chi connectivity index (χ4n) is 2.53. The van der Waals surface area contributed by atoms with Crippen molar-refractivity contribution in [2.24, 2.45) is 11.1 Å². The van der Waals surface area contributed by atoms with Crippen molar-refractivity contribution in [1.82, 2.24) is 0 Å². The Kier molecular flexibility index (Phi) is 5.48. The molecule has 25 heavy (non-hydrogen) atoms. The van der Waals surface area contributed by atoms with Gasteiger partial charge >= 0.3 is 5.97 Å². The molecule has 0 saturated carbocycles. The zero-order valence-electron chi connectivity index (χ0n) is 14.3. The molecule has 0 heterocycles. The SMILES string of the molecule is CC1=CC(C)C(C)(OCC(=O)Nc2ccc(N=O)cc2C(=O)O)C=C1. The predicted octanol–water partition coefficient (Wildman–Crippen LogP) is 3.65. The van der Waals surface area contributed by atoms with Crippen molar-refractivity contribution in [3.05, 3.63) is 52.5 Å². The van der Waals surface area contributed by atoms with E-state index in [1.807, 2.05) is 32.9 Å². The molecule has 0 fully saturated rings. The predicted molar refractivity (Wildman–Crippen MR) is 93.9 cm³/mol. The highest BCUT2D eigenvalue weighted by Gasteiger charge is 2.31. The molecule has 7 heteroatoms. The van der Waals surface area contributed by atoms with Crippen LogP contribution in [-0.4, -0.2) is 29.2 Å². The first-order chi connectivity index (χ1) is 11.7. The maximum absolute atomic E-state index is 12.1. The zero-order valence-corrected chi connectivity index (χ0v) is 14.3. The molecule has 2 N–H and O–H groups in total. The summed E-state index contributed by atoms with van der Waals surface area (Å²) in [5.74, 6) is -1.65. The van der Waals surface area contributed by atoms with Crippen LogP contribution in [0.15, 0.2) is 47.2 Å². The van der Waals surface area contributed by atoms with Crippen molar-refractivity contribution in [2.75, 3.05) is 11.9 Å². The van der Waals surface area contributed by atoms with Crippen LogP contribution in [-0.2, 0) is 9.53 Å². The van der Waals surface area contributed by atoms with Gasteiger partial charge in [-0.3, -0.25) is 4.79 Å². The molecule has 1 aromatic carbocycles. The Hall–Kier alpha value is -2.80. The monoisotopic (exact) mass is 344 g/mol. The van der Waals surface area contributed by atoms with Gasteiger partial charge < -0.3 is 15.2 Å². The second-order valence-corrected chi connectivity index (χ2v) is 6.18. The van der Waals surface area contributed by atoms with Crippen LogP contribution in [0, 0.1) is 10.8 Å². The molecular formula is C18H20N2O5. The number of nitrogens with one attached hydrogen (secondary N) is 1. The molecule has 0 bridgehead atoms. The van der Waals surface area contributed by atoms with Gasteiger partial charge in [-0.1, -0.05) is 30.7 Å². The number of allylic oxidation sites excluding steroid dienone is 2. The molecule has 1 amide bonds. The number of carbonyl (C=O) groups excluding carboxylic acids is 1. The lowest BCUT2D eigenvalue weighted by atomic mass is 9.84. The largest absolute Gasteiger partial charge is 0.478 e. The highest BCUT2D eigenvalue weighted by Crippen LogP contribution is 2.30. The van der Waals surface area contributed by atoms with Crippen molar-refractivity contribution >= 4 is 23.3 Å². The molecule has 1 aliphatic rings. The fourth-order valence-corrected chi connectivity index (χ4v) is 2.53. The number of benzene rings is 1. The molecule has 0 spiro atoms. The van der Waals surface area contributed by atoms with Gasteiger partial charge in [-0.2, -0.15) is 0 Å². The van der Waals surface area contributed by atoms with Crippen molar-refractivity contribution in [2.45, 2.75) is 26.4 Å². The van der Waals surface area contributed by atoms with Crippen LogP contribution in [0.3, 0.4) is 0 Å². The second kappa shape index (κ2) is 7.40. The summed E-state index contributed by atoms with van der Waals surface area (Å²) in [5, 5.41) is 14.4. The Morgan fingerprint density at radius 3 is 2.72 bits per heavy atom. The lowest BCUT2D eigenvalue weighted by Crippen LogP contribution is -2.37. The summed E-state index contributed by atoms with van der Waals surface area (Å²) in [4.78, 5) is 33.9. The van der Waals surface area contributed by atoms with Crippen LogP contribution in [0.4, 0.5) is 11.4 Å². The smallest absolute Gasteiger partial charge is 0.337 e. The van der Waals surface area contributed by atoms with Gasteiger partial charge in [0.25, 0.3) is 0 Å². The minimum atomic E-state index is -1.27. The van der Waals surface area contributed by atoms with E-state index in [-0.39, 0.29) is 29.5 Å². The van der Waals surface area contributed by atoms with Gasteiger partial charge in [0.2, 0.25) is 5.91 Å². The summed E-state index contributed by atoms with van der Waals surface area (Å²) in [6.07, 6.45) is 5.91. The van der Waals surface area contributed by atoms with E-state index in [0.717, 1.165) is 11.6 Å². The van der Waals surface area contributed by atoms with Gasteiger partial charge in [-0.25, -0.2) is 4.79 Å². The number of hydrogen-bond acceptors (Lipinski definition) is 5. The molecule has 0 radical (unpaired) electrons. The van der Waals surface area contributed by atoms with Crippen LogP contribution in [0.5, 0.6) is 0 Å². The average Bonchev–Trinajstić information content (AvgIpc) is 2.57. The molecule has 0 saturated heterocycles. The van der Waals surface area contributed by atoms with Crippen LogP contribution < -0.4 is 5.32 Å². The maximum atomic E-state index is 12.1. The third-order valence-corrected chi connectivity index (χ3v) is 4.22. The van der Waals surface area contributed by atoms with Crippen molar-refractivity contribution in [3.8, 4) is 0 Å². The van der Waals surface area contributed by atoms with Crippen molar-refractivity contribution in [3.63, 3.8) is 0 Å². The van der Waals surface area contributed by atoms with Crippen molar-refractivity contribution < 1.29 is 19.4 Å². The molecular weight excluding hydrogens is 324 g/mol. The highest BCUT2D eigenvalue weighted by atomic mass is 16.5. The zero-order chi connectivity index (χ0) is 18.6. The molecule has 0 aromatic heterocycles. The van der Waals surface area contributed by atoms with E-state index < -0.39 is 17.5 Å². The van der Waals surface area contributed by atoms with E-state index in [1.165, 1.54) is 12.1 Å². The van der Waals surface area contributed by atoms with Gasteiger partial charge in [-0.05, 0) is 37.2 Å². The first kappa shape index (κ1) is 18.5. The lowest BCUT2D eigenvalue weighted by Gasteiger charge is -2.33. The summed E-state index contributed by atoms with van der Waals surface area (Å²) >= 11 is 0. The number of nitrogens with zero attached hydrogens (tertiary/aromatic N) is 1. The van der Waals surface area contributed by atoms with Gasteiger partial charge in [0.05, 0.1) is 16.9 Å². The number of aromatic carboxylic acids is 1. The summed E-state index contributed by atoms with van der Waals surface area (Å²) in [6.45, 7) is 5.64. The average molecular weight is 344 g/mol. The summed E-state index contributed by atoms with van der Waals surface area (Å²) < 4.78 is 5.75. The quantitative estimate of drug-likeness (QED) is 0.766. The Bertz CT molecular complexity index is 769. The number of rotatable bonds is 6. The minimum Gasteiger partial charge on any atom is -0.478 e. The summed E-state index contributed by atoms with van der Waals surface area (Å²) in [6, 6.07) is 3.76. The summed E-state index contributed by atoms with van der Waals surface area (Å²) in [7, 11) is 0. The fraction of sp³-hybridized carbons (Fsp3) is 0.333. The molecule has 2 rings (SSSR count). The Labute approximate surface area is 145 Å². The second-order valence-electron chi connectivity index (χ2n) is 6.18. The number of carboxylic acid groups (broad SMARTS) is 1. The first-order valence-electron chi connectivity index (χ1n) is 7.77. The number of carboxylic acids is 1. The van der Waals surface area contributed by atoms with E-state index in [2.05, 4.69) is 16.6 Å². The molecule has 2 atom stereocenters. The molecule has 0 aliphatic heterocycles. The number of nitroso groups, excluding NO2 is 1. The van der Waals surface area contributed by atoms with E-state index in [0.29, 0.717) is 0 Å². The normalized spacial score (nSPS) is 22.2. The van der Waals surface area contributed by atoms with E-state index >= 15 is 0 Å². The number of ether oxygens (including phenoxy) is 1. The topological polar surface area (TPSA) is 105 Å². The van der Waals surface area contributed by atoms with Crippen LogP contribution in [0.2, 0.25) is 0 Å². The van der Waals surface area contributed by atoms with Gasteiger partial charge in [-0.15, -0.1) is 4.91 Å². The Morgan fingerprint density at radius 2 is 2.12 bits per heavy atom. The van der Waals surface area contributed by atoms with Gasteiger partial charge in [0.1, 0.15) is 12.3 Å².